The maximum absolute atomic E-state index is 11.4. The highest BCUT2D eigenvalue weighted by atomic mass is 16.5. The molecule has 0 aromatic carbocycles. The number of hydrogen-bond donors (Lipinski definition) is 1. The normalized spacial score (nSPS) is 12.3. The van der Waals surface area contributed by atoms with Gasteiger partial charge in [-0.15, -0.1) is 0 Å². The topological polar surface area (TPSA) is 51.2 Å². The molecule has 0 saturated heterocycles. The molecule has 1 aromatic heterocycles. The molecule has 1 aromatic rings. The third kappa shape index (κ3) is 4.35. The quantitative estimate of drug-likeness (QED) is 0.789. The molecule has 0 aliphatic rings. The molecule has 0 aliphatic carbocycles. The van der Waals surface area contributed by atoms with E-state index in [1.807, 2.05) is 0 Å². The number of carbonyl (C=O) groups excluding carboxylic acids is 1. The van der Waals surface area contributed by atoms with Gasteiger partial charge in [0, 0.05) is 12.7 Å². The van der Waals surface area contributed by atoms with Crippen LogP contribution in [0.4, 0.5) is 5.82 Å². The number of pyridine rings is 1. The van der Waals surface area contributed by atoms with E-state index < -0.39 is 0 Å². The van der Waals surface area contributed by atoms with Crippen LogP contribution in [0, 0.1) is 11.8 Å². The number of rotatable bonds is 6. The van der Waals surface area contributed by atoms with Crippen LogP contribution in [0.3, 0.4) is 0 Å². The van der Waals surface area contributed by atoms with Crippen LogP contribution >= 0.6 is 0 Å². The van der Waals surface area contributed by atoms with Gasteiger partial charge >= 0.3 is 5.97 Å². The third-order valence-corrected chi connectivity index (χ3v) is 3.02. The Hall–Kier alpha value is -1.58. The monoisotopic (exact) mass is 250 g/mol. The van der Waals surface area contributed by atoms with Gasteiger partial charge in [0.1, 0.15) is 5.82 Å². The average Bonchev–Trinajstić information content (AvgIpc) is 2.36. The molecule has 1 rings (SSSR count). The molecule has 0 bridgehead atoms. The Kier molecular flexibility index (Phi) is 5.62. The van der Waals surface area contributed by atoms with Crippen molar-refractivity contribution >= 4 is 11.8 Å². The van der Waals surface area contributed by atoms with Crippen LogP contribution in [0.25, 0.3) is 0 Å². The van der Waals surface area contributed by atoms with E-state index in [2.05, 4.69) is 31.1 Å². The molecular formula is C14H22N2O2. The van der Waals surface area contributed by atoms with E-state index in [4.69, 9.17) is 4.74 Å². The molecule has 4 heteroatoms. The molecular weight excluding hydrogens is 228 g/mol. The van der Waals surface area contributed by atoms with Crippen molar-refractivity contribution in [3.63, 3.8) is 0 Å². The van der Waals surface area contributed by atoms with E-state index in [-0.39, 0.29) is 5.97 Å². The molecule has 4 nitrogen and oxygen atoms in total. The van der Waals surface area contributed by atoms with Crippen molar-refractivity contribution in [3.8, 4) is 0 Å². The number of esters is 1. The van der Waals surface area contributed by atoms with Gasteiger partial charge in [0.25, 0.3) is 0 Å². The van der Waals surface area contributed by atoms with E-state index >= 15 is 0 Å². The summed E-state index contributed by atoms with van der Waals surface area (Å²) in [5.41, 5.74) is 0.485. The van der Waals surface area contributed by atoms with Crippen molar-refractivity contribution in [1.82, 2.24) is 4.98 Å². The van der Waals surface area contributed by atoms with Gasteiger partial charge in [-0.2, -0.15) is 0 Å². The lowest BCUT2D eigenvalue weighted by Gasteiger charge is -2.16. The second-order valence-electron chi connectivity index (χ2n) is 4.75. The molecule has 0 fully saturated rings. The Morgan fingerprint density at radius 2 is 2.11 bits per heavy atom. The third-order valence-electron chi connectivity index (χ3n) is 3.02. The molecule has 0 radical (unpaired) electrons. The van der Waals surface area contributed by atoms with Gasteiger partial charge in [-0.3, -0.25) is 0 Å². The van der Waals surface area contributed by atoms with Crippen LogP contribution in [-0.4, -0.2) is 24.1 Å². The molecule has 1 N–H and O–H groups in total. The zero-order valence-electron chi connectivity index (χ0n) is 11.6. The lowest BCUT2D eigenvalue weighted by molar-refractivity contribution is 0.0526. The van der Waals surface area contributed by atoms with Crippen LogP contribution in [0.1, 0.15) is 38.1 Å². The summed E-state index contributed by atoms with van der Waals surface area (Å²) in [6.45, 7) is 9.64. The molecule has 0 amide bonds. The first-order valence-corrected chi connectivity index (χ1v) is 6.41. The highest BCUT2D eigenvalue weighted by Gasteiger charge is 2.08. The fraction of sp³-hybridized carbons (Fsp3) is 0.571. The number of nitrogens with one attached hydrogen (secondary N) is 1. The summed E-state index contributed by atoms with van der Waals surface area (Å²) in [6.07, 6.45) is 1.54. The lowest BCUT2D eigenvalue weighted by atomic mass is 9.98. The largest absolute Gasteiger partial charge is 0.462 e. The first-order chi connectivity index (χ1) is 8.54. The Morgan fingerprint density at radius 1 is 1.39 bits per heavy atom. The molecule has 1 unspecified atom stereocenters. The number of nitrogens with zero attached hydrogens (tertiary/aromatic N) is 1. The molecule has 0 spiro atoms. The Morgan fingerprint density at radius 3 is 2.61 bits per heavy atom. The summed E-state index contributed by atoms with van der Waals surface area (Å²) in [5, 5.41) is 3.26. The van der Waals surface area contributed by atoms with E-state index in [9.17, 15) is 4.79 Å². The van der Waals surface area contributed by atoms with Crippen molar-refractivity contribution in [2.24, 2.45) is 11.8 Å². The number of aromatic nitrogens is 1. The van der Waals surface area contributed by atoms with Gasteiger partial charge in [-0.25, -0.2) is 9.78 Å². The fourth-order valence-electron chi connectivity index (χ4n) is 1.33. The van der Waals surface area contributed by atoms with Gasteiger partial charge in [-0.05, 0) is 30.9 Å². The summed E-state index contributed by atoms with van der Waals surface area (Å²) < 4.78 is 4.90. The van der Waals surface area contributed by atoms with Crippen molar-refractivity contribution in [2.45, 2.75) is 27.7 Å². The Labute approximate surface area is 109 Å². The van der Waals surface area contributed by atoms with Gasteiger partial charge in [-0.1, -0.05) is 20.8 Å². The molecule has 0 saturated carbocycles. The van der Waals surface area contributed by atoms with Crippen molar-refractivity contribution in [3.05, 3.63) is 23.9 Å². The highest BCUT2D eigenvalue weighted by molar-refractivity contribution is 5.89. The molecule has 0 aliphatic heterocycles. The number of ether oxygens (including phenoxy) is 1. The maximum atomic E-state index is 11.4. The Balaban J connectivity index is 2.53. The van der Waals surface area contributed by atoms with Crippen LogP contribution in [0.2, 0.25) is 0 Å². The van der Waals surface area contributed by atoms with Gasteiger partial charge in [0.15, 0.2) is 0 Å². The standard InChI is InChI=1S/C14H22N2O2/c1-5-18-14(17)12-6-7-13(16-9-12)15-8-11(4)10(2)3/h6-7,9-11H,5,8H2,1-4H3,(H,15,16). The van der Waals surface area contributed by atoms with Crippen LogP contribution in [0.5, 0.6) is 0 Å². The molecule has 18 heavy (non-hydrogen) atoms. The summed E-state index contributed by atoms with van der Waals surface area (Å²) in [5.74, 6) is 1.68. The number of hydrogen-bond acceptors (Lipinski definition) is 4. The van der Waals surface area contributed by atoms with Gasteiger partial charge in [0.2, 0.25) is 0 Å². The second-order valence-corrected chi connectivity index (χ2v) is 4.75. The van der Waals surface area contributed by atoms with Crippen molar-refractivity contribution in [1.29, 1.82) is 0 Å². The molecule has 1 heterocycles. The zero-order chi connectivity index (χ0) is 13.5. The van der Waals surface area contributed by atoms with Crippen molar-refractivity contribution < 1.29 is 9.53 Å². The highest BCUT2D eigenvalue weighted by Crippen LogP contribution is 2.12. The first-order valence-electron chi connectivity index (χ1n) is 6.41. The van der Waals surface area contributed by atoms with Crippen LogP contribution in [-0.2, 0) is 4.74 Å². The summed E-state index contributed by atoms with van der Waals surface area (Å²) >= 11 is 0. The predicted molar refractivity (Wildman–Crippen MR) is 72.7 cm³/mol. The van der Waals surface area contributed by atoms with E-state index in [1.54, 1.807) is 25.3 Å². The minimum absolute atomic E-state index is 0.327. The smallest absolute Gasteiger partial charge is 0.339 e. The SMILES string of the molecule is CCOC(=O)c1ccc(NCC(C)C(C)C)nc1. The average molecular weight is 250 g/mol. The van der Waals surface area contributed by atoms with Crippen LogP contribution in [0.15, 0.2) is 18.3 Å². The maximum Gasteiger partial charge on any atom is 0.339 e. The fourth-order valence-corrected chi connectivity index (χ4v) is 1.33. The van der Waals surface area contributed by atoms with Gasteiger partial charge < -0.3 is 10.1 Å². The summed E-state index contributed by atoms with van der Waals surface area (Å²) in [7, 11) is 0. The second kappa shape index (κ2) is 6.99. The van der Waals surface area contributed by atoms with E-state index in [0.717, 1.165) is 12.4 Å². The zero-order valence-corrected chi connectivity index (χ0v) is 11.6. The molecule has 100 valence electrons. The van der Waals surface area contributed by atoms with Crippen LogP contribution < -0.4 is 5.32 Å². The summed E-state index contributed by atoms with van der Waals surface area (Å²) in [4.78, 5) is 15.6. The number of carbonyl (C=O) groups is 1. The summed E-state index contributed by atoms with van der Waals surface area (Å²) in [6, 6.07) is 3.53. The minimum atomic E-state index is -0.327. The van der Waals surface area contributed by atoms with Gasteiger partial charge in [0.05, 0.1) is 12.2 Å². The number of anilines is 1. The first kappa shape index (κ1) is 14.5. The van der Waals surface area contributed by atoms with E-state index in [1.165, 1.54) is 0 Å². The lowest BCUT2D eigenvalue weighted by Crippen LogP contribution is -2.17. The predicted octanol–water partition coefficient (Wildman–Crippen LogP) is 2.96. The minimum Gasteiger partial charge on any atom is -0.462 e. The Bertz CT molecular complexity index is 374. The molecule has 1 atom stereocenters. The van der Waals surface area contributed by atoms with E-state index in [0.29, 0.717) is 24.0 Å². The van der Waals surface area contributed by atoms with Crippen molar-refractivity contribution in [2.75, 3.05) is 18.5 Å².